The number of aryl methyl sites for hydroxylation is 1. The van der Waals surface area contributed by atoms with Crippen LogP contribution in [0.3, 0.4) is 0 Å². The molecule has 0 saturated heterocycles. The summed E-state index contributed by atoms with van der Waals surface area (Å²) in [6, 6.07) is 2.37. The van der Waals surface area contributed by atoms with E-state index in [2.05, 4.69) is 5.10 Å². The quantitative estimate of drug-likeness (QED) is 0.549. The van der Waals surface area contributed by atoms with Crippen molar-refractivity contribution in [2.45, 2.75) is 61.4 Å². The highest BCUT2D eigenvalue weighted by atomic mass is 19.1. The molecule has 2 rings (SSSR count). The average molecular weight is 313 g/mol. The summed E-state index contributed by atoms with van der Waals surface area (Å²) < 4.78 is 14.9. The van der Waals surface area contributed by atoms with Gasteiger partial charge < -0.3 is 0 Å². The summed E-state index contributed by atoms with van der Waals surface area (Å²) in [6.07, 6.45) is 2.37. The van der Waals surface area contributed by atoms with E-state index < -0.39 is 16.4 Å². The molecule has 0 spiro atoms. The number of rotatable bonds is 3. The molecule has 0 atom stereocenters. The number of fused-ring (bicyclic) bond motifs is 1. The van der Waals surface area contributed by atoms with Crippen molar-refractivity contribution in [1.82, 2.24) is 9.78 Å². The molecule has 126 valence electrons. The Bertz CT molecular complexity index is 554. The number of nitrogens with zero attached hydrogens (tertiary/aromatic N) is 3. The summed E-state index contributed by atoms with van der Waals surface area (Å²) in [5.41, 5.74) is 0.0836. The molecule has 1 heterocycles. The Hall–Kier alpha value is -1.98. The van der Waals surface area contributed by atoms with Crippen molar-refractivity contribution in [2.24, 2.45) is 0 Å². The van der Waals surface area contributed by atoms with Crippen LogP contribution in [0.1, 0.15) is 54.9 Å². The maximum Gasteiger partial charge on any atom is 0.306 e. The lowest BCUT2D eigenvalue weighted by Gasteiger charge is -2.00. The molecule has 0 fully saturated rings. The van der Waals surface area contributed by atoms with Crippen LogP contribution in [-0.2, 0) is 6.54 Å². The first-order chi connectivity index (χ1) is 10.6. The van der Waals surface area contributed by atoms with Crippen LogP contribution in [-0.4, -0.2) is 14.7 Å². The van der Waals surface area contributed by atoms with E-state index in [1.165, 1.54) is 12.3 Å². The number of nitro benzene ring substituents is 1. The molecule has 0 N–H and O–H groups in total. The minimum atomic E-state index is -0.825. The van der Waals surface area contributed by atoms with E-state index in [-0.39, 0.29) is 0 Å². The molecule has 0 unspecified atom stereocenters. The first kappa shape index (κ1) is 22.3. The van der Waals surface area contributed by atoms with E-state index in [9.17, 15) is 14.5 Å². The SMILES string of the molecule is CC.CC.CC.CCCn1ncc2cc(F)c([N+](=O)[O-])cc21. The second-order valence-electron chi connectivity index (χ2n) is 3.49. The highest BCUT2D eigenvalue weighted by molar-refractivity contribution is 5.81. The second-order valence-corrected chi connectivity index (χ2v) is 3.49. The predicted molar refractivity (Wildman–Crippen MR) is 90.7 cm³/mol. The zero-order chi connectivity index (χ0) is 17.7. The van der Waals surface area contributed by atoms with Crippen molar-refractivity contribution in [1.29, 1.82) is 0 Å². The average Bonchev–Trinajstić information content (AvgIpc) is 2.94. The Balaban J connectivity index is 0. The third-order valence-corrected chi connectivity index (χ3v) is 2.34. The van der Waals surface area contributed by atoms with Crippen LogP contribution in [0.5, 0.6) is 0 Å². The molecular formula is C16H28FN3O2. The summed E-state index contributed by atoms with van der Waals surface area (Å²) >= 11 is 0. The number of hydrogen-bond donors (Lipinski definition) is 0. The van der Waals surface area contributed by atoms with Gasteiger partial charge in [-0.3, -0.25) is 14.8 Å². The Morgan fingerprint density at radius 2 is 1.73 bits per heavy atom. The molecule has 0 saturated carbocycles. The zero-order valence-electron chi connectivity index (χ0n) is 14.7. The fourth-order valence-electron chi connectivity index (χ4n) is 1.62. The third kappa shape index (κ3) is 5.79. The van der Waals surface area contributed by atoms with Gasteiger partial charge in [-0.05, 0) is 12.5 Å². The van der Waals surface area contributed by atoms with Gasteiger partial charge in [0, 0.05) is 18.0 Å². The molecule has 1 aromatic carbocycles. The van der Waals surface area contributed by atoms with Gasteiger partial charge in [0.1, 0.15) is 0 Å². The van der Waals surface area contributed by atoms with Crippen molar-refractivity contribution in [3.8, 4) is 0 Å². The van der Waals surface area contributed by atoms with Crippen LogP contribution in [0.4, 0.5) is 10.1 Å². The van der Waals surface area contributed by atoms with E-state index in [0.29, 0.717) is 17.4 Å². The van der Waals surface area contributed by atoms with Crippen LogP contribution in [0, 0.1) is 15.9 Å². The van der Waals surface area contributed by atoms with Gasteiger partial charge >= 0.3 is 5.69 Å². The summed E-state index contributed by atoms with van der Waals surface area (Å²) in [4.78, 5) is 9.87. The molecule has 6 heteroatoms. The smallest absolute Gasteiger partial charge is 0.265 e. The summed E-state index contributed by atoms with van der Waals surface area (Å²) in [7, 11) is 0. The largest absolute Gasteiger partial charge is 0.306 e. The fourth-order valence-corrected chi connectivity index (χ4v) is 1.62. The van der Waals surface area contributed by atoms with Crippen molar-refractivity contribution in [3.63, 3.8) is 0 Å². The molecule has 2 aromatic rings. The number of nitro groups is 1. The Labute approximate surface area is 132 Å². The predicted octanol–water partition coefficient (Wildman–Crippen LogP) is 5.57. The van der Waals surface area contributed by atoms with Crippen LogP contribution in [0.2, 0.25) is 0 Å². The van der Waals surface area contributed by atoms with E-state index >= 15 is 0 Å². The van der Waals surface area contributed by atoms with E-state index in [0.717, 1.165) is 12.5 Å². The third-order valence-electron chi connectivity index (χ3n) is 2.34. The minimum Gasteiger partial charge on any atom is -0.265 e. The molecule has 0 amide bonds. The van der Waals surface area contributed by atoms with E-state index in [1.807, 2.05) is 48.5 Å². The molecule has 0 radical (unpaired) electrons. The Morgan fingerprint density at radius 1 is 1.18 bits per heavy atom. The molecule has 5 nitrogen and oxygen atoms in total. The number of halogens is 1. The molecule has 0 aliphatic rings. The highest BCUT2D eigenvalue weighted by Crippen LogP contribution is 2.24. The van der Waals surface area contributed by atoms with Gasteiger partial charge in [-0.15, -0.1) is 0 Å². The fraction of sp³-hybridized carbons (Fsp3) is 0.562. The molecule has 0 aliphatic heterocycles. The number of aromatic nitrogens is 2. The van der Waals surface area contributed by atoms with Crippen LogP contribution in [0.15, 0.2) is 18.3 Å². The zero-order valence-corrected chi connectivity index (χ0v) is 14.7. The molecule has 0 bridgehead atoms. The van der Waals surface area contributed by atoms with Gasteiger partial charge in [0.25, 0.3) is 0 Å². The standard InChI is InChI=1S/C10H10FN3O2.3C2H6/c1-2-3-13-9-5-10(14(15)16)8(11)4-7(9)6-12-13;3*1-2/h4-6H,2-3H2,1H3;3*1-2H3. The summed E-state index contributed by atoms with van der Waals surface area (Å²) in [5, 5.41) is 15.2. The molecule has 22 heavy (non-hydrogen) atoms. The molecule has 0 aliphatic carbocycles. The van der Waals surface area contributed by atoms with Crippen LogP contribution >= 0.6 is 0 Å². The summed E-state index contributed by atoms with van der Waals surface area (Å²) in [5.74, 6) is -0.825. The van der Waals surface area contributed by atoms with E-state index in [1.54, 1.807) is 4.68 Å². The van der Waals surface area contributed by atoms with Gasteiger partial charge in [0.2, 0.25) is 5.82 Å². The lowest BCUT2D eigenvalue weighted by molar-refractivity contribution is -0.387. The van der Waals surface area contributed by atoms with Gasteiger partial charge in [0.05, 0.1) is 16.6 Å². The Kier molecular flexibility index (Phi) is 12.9. The lowest BCUT2D eigenvalue weighted by atomic mass is 10.2. The van der Waals surface area contributed by atoms with Gasteiger partial charge in [-0.25, -0.2) is 0 Å². The first-order valence-corrected chi connectivity index (χ1v) is 7.93. The van der Waals surface area contributed by atoms with Crippen molar-refractivity contribution < 1.29 is 9.31 Å². The molecular weight excluding hydrogens is 285 g/mol. The highest BCUT2D eigenvalue weighted by Gasteiger charge is 2.17. The normalized spacial score (nSPS) is 8.73. The number of benzene rings is 1. The van der Waals surface area contributed by atoms with Crippen molar-refractivity contribution in [2.75, 3.05) is 0 Å². The Morgan fingerprint density at radius 3 is 2.18 bits per heavy atom. The first-order valence-electron chi connectivity index (χ1n) is 7.93. The van der Waals surface area contributed by atoms with Crippen LogP contribution < -0.4 is 0 Å². The molecule has 1 aromatic heterocycles. The maximum atomic E-state index is 13.3. The number of hydrogen-bond acceptors (Lipinski definition) is 3. The van der Waals surface area contributed by atoms with Gasteiger partial charge in [-0.1, -0.05) is 48.5 Å². The topological polar surface area (TPSA) is 61.0 Å². The van der Waals surface area contributed by atoms with Crippen LogP contribution in [0.25, 0.3) is 10.9 Å². The second kappa shape index (κ2) is 12.7. The van der Waals surface area contributed by atoms with Crippen molar-refractivity contribution in [3.05, 3.63) is 34.3 Å². The lowest BCUT2D eigenvalue weighted by Crippen LogP contribution is -1.99. The van der Waals surface area contributed by atoms with Gasteiger partial charge in [-0.2, -0.15) is 9.49 Å². The maximum absolute atomic E-state index is 13.3. The summed E-state index contributed by atoms with van der Waals surface area (Å²) in [6.45, 7) is 14.6. The minimum absolute atomic E-state index is 0.509. The van der Waals surface area contributed by atoms with E-state index in [4.69, 9.17) is 0 Å². The van der Waals surface area contributed by atoms with Gasteiger partial charge in [0.15, 0.2) is 0 Å². The monoisotopic (exact) mass is 313 g/mol. The van der Waals surface area contributed by atoms with Crippen molar-refractivity contribution >= 4 is 16.6 Å².